The van der Waals surface area contributed by atoms with Crippen molar-refractivity contribution >= 4 is 5.78 Å². The number of nitrogens with zero attached hydrogens (tertiary/aromatic N) is 1. The van der Waals surface area contributed by atoms with Crippen molar-refractivity contribution in [3.8, 4) is 0 Å². The number of carbonyl (C=O) groups is 1. The minimum Gasteiger partial charge on any atom is -0.328 e. The molecule has 0 N–H and O–H groups in total. The Morgan fingerprint density at radius 1 is 1.22 bits per heavy atom. The van der Waals surface area contributed by atoms with E-state index >= 15 is 0 Å². The Morgan fingerprint density at radius 2 is 1.67 bits per heavy atom. The Balaban J connectivity index is 2.44. The molecule has 0 unspecified atom stereocenters. The molecule has 0 amide bonds. The van der Waals surface area contributed by atoms with E-state index < -0.39 is 0 Å². The van der Waals surface area contributed by atoms with E-state index in [-0.39, 0.29) is 0 Å². The Morgan fingerprint density at radius 3 is 2.00 bits per heavy atom. The molecule has 0 aromatic carbocycles. The van der Waals surface area contributed by atoms with E-state index in [9.17, 15) is 4.79 Å². The zero-order valence-electron chi connectivity index (χ0n) is 6.18. The lowest BCUT2D eigenvalue weighted by atomic mass is 10.1. The number of Topliss-reactive ketones (excluding diaryl/α,β-unsaturated/α-hetero) is 1. The minimum absolute atomic E-state index is 0.437. The zero-order valence-corrected chi connectivity index (χ0v) is 6.18. The van der Waals surface area contributed by atoms with Crippen LogP contribution in [0.2, 0.25) is 0 Å². The van der Waals surface area contributed by atoms with Crippen molar-refractivity contribution in [3.05, 3.63) is 0 Å². The predicted molar refractivity (Wildman–Crippen MR) is 36.1 cm³/mol. The first-order chi connectivity index (χ1) is 4.10. The fourth-order valence-electron chi connectivity index (χ4n) is 1.09. The van der Waals surface area contributed by atoms with Crippen LogP contribution in [-0.2, 0) is 4.79 Å². The monoisotopic (exact) mass is 130 g/mol. The quantitative estimate of drug-likeness (QED) is 0.343. The summed E-state index contributed by atoms with van der Waals surface area (Å²) in [5.74, 6) is 0.437. The van der Waals surface area contributed by atoms with Gasteiger partial charge in [-0.1, -0.05) is 0 Å². The van der Waals surface area contributed by atoms with Crippen molar-refractivity contribution in [3.63, 3.8) is 0 Å². The summed E-state index contributed by atoms with van der Waals surface area (Å²) in [6.45, 7) is 2.05. The number of carbonyl (C=O) groups excluding carboxylic acids is 1. The maximum atomic E-state index is 10.7. The molecular weight excluding hydrogens is 116 g/mol. The van der Waals surface area contributed by atoms with E-state index in [1.54, 1.807) is 0 Å². The molecule has 0 saturated carbocycles. The standard InChI is InChI=1S/C7H14NO/c1-8(2)5-3-7(9)4-6-8/h3-6H2,1-2H3/q+1/i9+2. The average Bonchev–Trinajstić information content (AvgIpc) is 1.78. The van der Waals surface area contributed by atoms with Crippen LogP contribution in [0.5, 0.6) is 0 Å². The van der Waals surface area contributed by atoms with Crippen molar-refractivity contribution < 1.29 is 9.28 Å². The van der Waals surface area contributed by atoms with Crippen molar-refractivity contribution in [2.45, 2.75) is 12.8 Å². The lowest BCUT2D eigenvalue weighted by Gasteiger charge is -2.32. The highest BCUT2D eigenvalue weighted by Crippen LogP contribution is 2.09. The number of ketones is 1. The Kier molecular flexibility index (Phi) is 1.58. The Bertz CT molecular complexity index is 117. The van der Waals surface area contributed by atoms with Gasteiger partial charge in [-0.15, -0.1) is 0 Å². The van der Waals surface area contributed by atoms with Gasteiger partial charge < -0.3 is 4.48 Å². The number of hydrogen-bond acceptors (Lipinski definition) is 1. The maximum absolute atomic E-state index is 10.7. The normalized spacial score (nSPS) is 26.2. The molecule has 1 heterocycles. The maximum Gasteiger partial charge on any atom is 0.144 e. The van der Waals surface area contributed by atoms with Gasteiger partial charge in [-0.25, -0.2) is 0 Å². The van der Waals surface area contributed by atoms with E-state index in [0.717, 1.165) is 30.4 Å². The van der Waals surface area contributed by atoms with Crippen LogP contribution in [0, 0.1) is 0 Å². The summed E-state index contributed by atoms with van der Waals surface area (Å²) in [7, 11) is 4.35. The molecule has 52 valence electrons. The summed E-state index contributed by atoms with van der Waals surface area (Å²) < 4.78 is 1.02. The second kappa shape index (κ2) is 2.10. The third-order valence-electron chi connectivity index (χ3n) is 1.99. The summed E-state index contributed by atoms with van der Waals surface area (Å²) in [4.78, 5) is 10.7. The predicted octanol–water partition coefficient (Wildman–Crippen LogP) is 0.426. The van der Waals surface area contributed by atoms with Gasteiger partial charge in [-0.05, 0) is 0 Å². The number of piperidine rings is 1. The summed E-state index contributed by atoms with van der Waals surface area (Å²) in [6, 6.07) is 0. The molecule has 0 aliphatic carbocycles. The van der Waals surface area contributed by atoms with Gasteiger partial charge >= 0.3 is 0 Å². The molecule has 1 rings (SSSR count). The second-order valence-corrected chi connectivity index (χ2v) is 3.42. The van der Waals surface area contributed by atoms with Crippen LogP contribution in [0.15, 0.2) is 0 Å². The number of quaternary nitrogens is 1. The van der Waals surface area contributed by atoms with Gasteiger partial charge in [0.2, 0.25) is 0 Å². The number of hydrogen-bond donors (Lipinski definition) is 0. The first-order valence-electron chi connectivity index (χ1n) is 3.44. The van der Waals surface area contributed by atoms with Crippen molar-refractivity contribution in [1.82, 2.24) is 0 Å². The lowest BCUT2D eigenvalue weighted by molar-refractivity contribution is -0.891. The molecule has 9 heavy (non-hydrogen) atoms. The van der Waals surface area contributed by atoms with E-state index in [1.165, 1.54) is 0 Å². The smallest absolute Gasteiger partial charge is 0.144 e. The van der Waals surface area contributed by atoms with E-state index in [0.29, 0.717) is 5.78 Å². The Labute approximate surface area is 56.1 Å². The van der Waals surface area contributed by atoms with E-state index in [2.05, 4.69) is 14.1 Å². The fraction of sp³-hybridized carbons (Fsp3) is 0.857. The van der Waals surface area contributed by atoms with Gasteiger partial charge in [0.25, 0.3) is 0 Å². The van der Waals surface area contributed by atoms with Gasteiger partial charge in [0.05, 0.1) is 40.0 Å². The molecule has 0 aromatic heterocycles. The van der Waals surface area contributed by atoms with E-state index in [4.69, 9.17) is 0 Å². The zero-order chi connectivity index (χ0) is 6.91. The molecule has 0 atom stereocenters. The highest BCUT2D eigenvalue weighted by atomic mass is 18.1. The molecular formula is C7H14NO+. The summed E-state index contributed by atoms with van der Waals surface area (Å²) >= 11 is 0. The highest BCUT2D eigenvalue weighted by molar-refractivity contribution is 5.78. The van der Waals surface area contributed by atoms with Crippen LogP contribution in [-0.4, -0.2) is 37.5 Å². The van der Waals surface area contributed by atoms with Gasteiger partial charge in [0.15, 0.2) is 0 Å². The number of likely N-dealkylation sites (tertiary alicyclic amines) is 1. The van der Waals surface area contributed by atoms with E-state index in [1.807, 2.05) is 0 Å². The largest absolute Gasteiger partial charge is 0.328 e. The molecule has 0 radical (unpaired) electrons. The molecule has 1 aliphatic heterocycles. The molecule has 2 heteroatoms. The summed E-state index contributed by atoms with van der Waals surface area (Å²) in [5.41, 5.74) is 0. The van der Waals surface area contributed by atoms with Crippen molar-refractivity contribution in [2.75, 3.05) is 27.2 Å². The molecule has 0 bridgehead atoms. The molecule has 1 fully saturated rings. The van der Waals surface area contributed by atoms with Crippen LogP contribution in [0.1, 0.15) is 12.8 Å². The first-order valence-corrected chi connectivity index (χ1v) is 3.44. The van der Waals surface area contributed by atoms with Crippen LogP contribution < -0.4 is 0 Å². The van der Waals surface area contributed by atoms with Crippen LogP contribution >= 0.6 is 0 Å². The van der Waals surface area contributed by atoms with Gasteiger partial charge in [-0.3, -0.25) is 4.79 Å². The lowest BCUT2D eigenvalue weighted by Crippen LogP contribution is -2.46. The molecule has 0 spiro atoms. The topological polar surface area (TPSA) is 17.1 Å². The fourth-order valence-corrected chi connectivity index (χ4v) is 1.09. The van der Waals surface area contributed by atoms with Gasteiger partial charge in [0, 0.05) is 0 Å². The van der Waals surface area contributed by atoms with Crippen LogP contribution in [0.4, 0.5) is 0 Å². The SMILES string of the molecule is C[N+]1(C)CCC(=[18O])CC1. The minimum atomic E-state index is 0.437. The highest BCUT2D eigenvalue weighted by Gasteiger charge is 2.23. The summed E-state index contributed by atoms with van der Waals surface area (Å²) in [5, 5.41) is 0. The van der Waals surface area contributed by atoms with Crippen molar-refractivity contribution in [2.24, 2.45) is 0 Å². The third kappa shape index (κ3) is 1.79. The molecule has 1 aliphatic rings. The molecule has 2 nitrogen and oxygen atoms in total. The Hall–Kier alpha value is -0.370. The van der Waals surface area contributed by atoms with Gasteiger partial charge in [0.1, 0.15) is 5.78 Å². The average molecular weight is 130 g/mol. The second-order valence-electron chi connectivity index (χ2n) is 3.42. The van der Waals surface area contributed by atoms with Crippen LogP contribution in [0.3, 0.4) is 0 Å². The van der Waals surface area contributed by atoms with Gasteiger partial charge in [-0.2, -0.15) is 0 Å². The third-order valence-corrected chi connectivity index (χ3v) is 1.99. The van der Waals surface area contributed by atoms with Crippen LogP contribution in [0.25, 0.3) is 0 Å². The summed E-state index contributed by atoms with van der Waals surface area (Å²) in [6.07, 6.45) is 1.57. The number of rotatable bonds is 0. The first kappa shape index (κ1) is 6.75. The van der Waals surface area contributed by atoms with Crippen molar-refractivity contribution in [1.29, 1.82) is 0 Å². The molecule has 1 saturated heterocycles. The molecule has 0 aromatic rings.